The average molecular weight is 1060 g/mol. The molecule has 2 amide bonds. The Bertz CT molecular complexity index is 3150. The number of sulfonamides is 1. The zero-order valence-electron chi connectivity index (χ0n) is 43.8. The van der Waals surface area contributed by atoms with Crippen LogP contribution < -0.4 is 14.2 Å². The van der Waals surface area contributed by atoms with Crippen LogP contribution in [0.5, 0.6) is 17.2 Å². The Morgan fingerprint density at radius 2 is 1.11 bits per heavy atom. The highest BCUT2D eigenvalue weighted by Crippen LogP contribution is 2.44. The SMILES string of the molecule is COc1ccc(CN(Cc2ccc(OC)cc2)S(=O)(=O)c2c(S(=O)(=O)C3CN(C(=O)OC(C)(C)C)C3)ccc(-c3ccc(C4CCN(C(=O)OC(C)(C)C)CC4)cc3)c2-c2nnn(Cc3ccc(OC)cc3)n2)cc1. The number of benzene rings is 5. The number of carbonyl (C=O) groups excluding carboxylic acids is 2. The Morgan fingerprint density at radius 1 is 0.627 bits per heavy atom. The molecule has 0 bridgehead atoms. The van der Waals surface area contributed by atoms with Crippen molar-refractivity contribution >= 4 is 32.0 Å². The van der Waals surface area contributed by atoms with Crippen LogP contribution in [0.15, 0.2) is 119 Å². The molecule has 0 spiro atoms. The number of amides is 2. The number of sulfone groups is 1. The first-order valence-corrected chi connectivity index (χ1v) is 27.7. The molecule has 2 aliphatic rings. The highest BCUT2D eigenvalue weighted by atomic mass is 32.2. The summed E-state index contributed by atoms with van der Waals surface area (Å²) in [6.07, 6.45) is 0.367. The summed E-state index contributed by atoms with van der Waals surface area (Å²) in [5, 5.41) is 12.5. The Labute approximate surface area is 439 Å². The van der Waals surface area contributed by atoms with Crippen molar-refractivity contribution < 1.29 is 50.1 Å². The number of nitrogens with zero attached hydrogens (tertiary/aromatic N) is 7. The molecule has 75 heavy (non-hydrogen) atoms. The van der Waals surface area contributed by atoms with Crippen molar-refractivity contribution in [2.45, 2.75) is 106 Å². The maximum atomic E-state index is 16.3. The molecule has 0 atom stereocenters. The third kappa shape index (κ3) is 12.7. The highest BCUT2D eigenvalue weighted by Gasteiger charge is 2.46. The molecule has 8 rings (SSSR count). The van der Waals surface area contributed by atoms with E-state index >= 15 is 16.8 Å². The second kappa shape index (κ2) is 22.0. The number of methoxy groups -OCH3 is 3. The first-order valence-electron chi connectivity index (χ1n) is 24.7. The van der Waals surface area contributed by atoms with Crippen LogP contribution in [0.25, 0.3) is 22.5 Å². The van der Waals surface area contributed by atoms with Crippen molar-refractivity contribution in [3.8, 4) is 39.8 Å². The van der Waals surface area contributed by atoms with Crippen molar-refractivity contribution in [3.05, 3.63) is 131 Å². The third-order valence-electron chi connectivity index (χ3n) is 13.0. The lowest BCUT2D eigenvalue weighted by atomic mass is 9.88. The molecule has 3 heterocycles. The minimum atomic E-state index is -4.92. The Morgan fingerprint density at radius 3 is 1.59 bits per heavy atom. The van der Waals surface area contributed by atoms with E-state index in [4.69, 9.17) is 28.8 Å². The number of hydrogen-bond donors (Lipinski definition) is 0. The lowest BCUT2D eigenvalue weighted by Gasteiger charge is -2.39. The summed E-state index contributed by atoms with van der Waals surface area (Å²) in [6, 6.07) is 31.8. The van der Waals surface area contributed by atoms with Gasteiger partial charge in [0, 0.05) is 39.3 Å². The first kappa shape index (κ1) is 54.2. The lowest BCUT2D eigenvalue weighted by Crippen LogP contribution is -2.57. The average Bonchev–Trinajstić information content (AvgIpc) is 3.83. The molecule has 0 saturated carbocycles. The Hall–Kier alpha value is -7.03. The number of hydrogen-bond acceptors (Lipinski definition) is 14. The van der Waals surface area contributed by atoms with Crippen LogP contribution in [0, 0.1) is 0 Å². The van der Waals surface area contributed by atoms with E-state index in [1.54, 1.807) is 99.5 Å². The molecular formula is C55H65N7O11S2. The number of carbonyl (C=O) groups is 2. The van der Waals surface area contributed by atoms with E-state index in [1.165, 1.54) is 34.3 Å². The van der Waals surface area contributed by atoms with Crippen molar-refractivity contribution in [1.82, 2.24) is 34.3 Å². The van der Waals surface area contributed by atoms with Gasteiger partial charge in [0.25, 0.3) is 0 Å². The van der Waals surface area contributed by atoms with E-state index in [-0.39, 0.29) is 56.1 Å². The van der Waals surface area contributed by atoms with Gasteiger partial charge >= 0.3 is 12.2 Å². The van der Waals surface area contributed by atoms with Gasteiger partial charge in [-0.3, -0.25) is 0 Å². The summed E-state index contributed by atoms with van der Waals surface area (Å²) in [5.41, 5.74) is 2.37. The summed E-state index contributed by atoms with van der Waals surface area (Å²) in [5.74, 6) is 1.76. The number of tetrazole rings is 1. The lowest BCUT2D eigenvalue weighted by molar-refractivity contribution is 0.0137. The standard InChI is InChI=1S/C55H65N7O11S2/c1-54(2,3)72-52(63)59-30-28-41(29-31-59)40-16-18-42(19-17-40)47-26-27-48(74(65,66)46-35-60(36-46)53(64)73-55(4,5)6)50(49(47)51-56-58-62(57-51)34-39-14-24-45(71-9)25-15-39)75(67,68)61(32-37-10-20-43(69-7)21-11-37)33-38-12-22-44(70-8)23-13-38/h10-27,41,46H,28-36H2,1-9H3. The van der Waals surface area contributed by atoms with Gasteiger partial charge in [-0.15, -0.1) is 10.2 Å². The molecule has 2 aliphatic heterocycles. The zero-order chi connectivity index (χ0) is 53.9. The minimum absolute atomic E-state index is 0.0757. The van der Waals surface area contributed by atoms with Crippen molar-refractivity contribution in [3.63, 3.8) is 0 Å². The molecule has 0 N–H and O–H groups in total. The van der Waals surface area contributed by atoms with Crippen LogP contribution in [0.1, 0.15) is 82.6 Å². The number of aromatic nitrogens is 4. The predicted octanol–water partition coefficient (Wildman–Crippen LogP) is 8.98. The number of likely N-dealkylation sites (tertiary alicyclic amines) is 2. The van der Waals surface area contributed by atoms with Gasteiger partial charge in [0.05, 0.1) is 38.3 Å². The molecule has 6 aromatic rings. The van der Waals surface area contributed by atoms with Crippen LogP contribution in [0.3, 0.4) is 0 Å². The Balaban J connectivity index is 1.29. The van der Waals surface area contributed by atoms with Crippen LogP contribution >= 0.6 is 0 Å². The molecular weight excluding hydrogens is 999 g/mol. The minimum Gasteiger partial charge on any atom is -0.497 e. The molecule has 2 saturated heterocycles. The molecule has 398 valence electrons. The second-order valence-electron chi connectivity index (χ2n) is 20.7. The maximum absolute atomic E-state index is 16.3. The van der Waals surface area contributed by atoms with E-state index < -0.39 is 52.2 Å². The van der Waals surface area contributed by atoms with Gasteiger partial charge in [0.2, 0.25) is 15.8 Å². The molecule has 1 aromatic heterocycles. The number of ether oxygens (including phenoxy) is 5. The molecule has 5 aromatic carbocycles. The highest BCUT2D eigenvalue weighted by molar-refractivity contribution is 7.94. The summed E-state index contributed by atoms with van der Waals surface area (Å²) in [7, 11) is -4.84. The van der Waals surface area contributed by atoms with Crippen molar-refractivity contribution in [2.24, 2.45) is 0 Å². The van der Waals surface area contributed by atoms with Gasteiger partial charge in [-0.05, 0) is 141 Å². The van der Waals surface area contributed by atoms with Crippen LogP contribution in [-0.2, 0) is 49.0 Å². The quantitative estimate of drug-likeness (QED) is 0.0889. The molecule has 20 heteroatoms. The normalized spacial score (nSPS) is 14.9. The predicted molar refractivity (Wildman–Crippen MR) is 282 cm³/mol. The van der Waals surface area contributed by atoms with Gasteiger partial charge in [-0.25, -0.2) is 26.4 Å². The summed E-state index contributed by atoms with van der Waals surface area (Å²) < 4.78 is 91.7. The van der Waals surface area contributed by atoms with E-state index in [0.717, 1.165) is 11.1 Å². The van der Waals surface area contributed by atoms with E-state index in [0.29, 0.717) is 65.4 Å². The fraction of sp³-hybridized carbons (Fsp3) is 0.400. The van der Waals surface area contributed by atoms with Gasteiger partial charge in [-0.2, -0.15) is 9.10 Å². The van der Waals surface area contributed by atoms with Gasteiger partial charge < -0.3 is 33.5 Å². The van der Waals surface area contributed by atoms with Gasteiger partial charge in [0.1, 0.15) is 38.6 Å². The third-order valence-corrected chi connectivity index (χ3v) is 17.1. The first-order chi connectivity index (χ1) is 35.5. The molecule has 2 fully saturated rings. The molecule has 0 radical (unpaired) electrons. The summed E-state index contributed by atoms with van der Waals surface area (Å²) in [4.78, 5) is 29.3. The summed E-state index contributed by atoms with van der Waals surface area (Å²) in [6.45, 7) is 11.0. The monoisotopic (exact) mass is 1060 g/mol. The van der Waals surface area contributed by atoms with Gasteiger partial charge in [0.15, 0.2) is 9.84 Å². The molecule has 0 unspecified atom stereocenters. The fourth-order valence-electron chi connectivity index (χ4n) is 8.98. The summed E-state index contributed by atoms with van der Waals surface area (Å²) >= 11 is 0. The van der Waals surface area contributed by atoms with E-state index in [1.807, 2.05) is 57.2 Å². The van der Waals surface area contributed by atoms with Gasteiger partial charge in [-0.1, -0.05) is 66.7 Å². The number of piperidine rings is 1. The topological polar surface area (TPSA) is 202 Å². The van der Waals surface area contributed by atoms with Crippen molar-refractivity contribution in [1.29, 1.82) is 0 Å². The van der Waals surface area contributed by atoms with Crippen molar-refractivity contribution in [2.75, 3.05) is 47.5 Å². The van der Waals surface area contributed by atoms with Crippen LogP contribution in [-0.4, -0.2) is 127 Å². The van der Waals surface area contributed by atoms with E-state index in [9.17, 15) is 9.59 Å². The molecule has 18 nitrogen and oxygen atoms in total. The molecule has 0 aliphatic carbocycles. The smallest absolute Gasteiger partial charge is 0.410 e. The maximum Gasteiger partial charge on any atom is 0.410 e. The number of rotatable bonds is 16. The van der Waals surface area contributed by atoms with Crippen LogP contribution in [0.2, 0.25) is 0 Å². The second-order valence-corrected chi connectivity index (χ2v) is 24.8. The van der Waals surface area contributed by atoms with E-state index in [2.05, 4.69) is 10.3 Å². The van der Waals surface area contributed by atoms with Crippen LogP contribution in [0.4, 0.5) is 9.59 Å². The largest absolute Gasteiger partial charge is 0.497 e. The Kier molecular flexibility index (Phi) is 15.9. The zero-order valence-corrected chi connectivity index (χ0v) is 45.5. The fourth-order valence-corrected chi connectivity index (χ4v) is 13.1.